The Morgan fingerprint density at radius 2 is 2.36 bits per heavy atom. The normalized spacial score (nSPS) is 12.4. The van der Waals surface area contributed by atoms with Crippen molar-refractivity contribution in [2.45, 2.75) is 12.5 Å². The van der Waals surface area contributed by atoms with E-state index in [1.807, 2.05) is 12.1 Å². The van der Waals surface area contributed by atoms with E-state index in [4.69, 9.17) is 5.11 Å². The van der Waals surface area contributed by atoms with Gasteiger partial charge >= 0.3 is 5.97 Å². The first-order valence-electron chi connectivity index (χ1n) is 3.97. The van der Waals surface area contributed by atoms with E-state index >= 15 is 0 Å². The highest BCUT2D eigenvalue weighted by Gasteiger charge is 2.09. The molecule has 1 aromatic heterocycles. The summed E-state index contributed by atoms with van der Waals surface area (Å²) in [7, 11) is 0. The highest BCUT2D eigenvalue weighted by molar-refractivity contribution is 9.11. The first-order valence-corrected chi connectivity index (χ1v) is 5.58. The van der Waals surface area contributed by atoms with Crippen molar-refractivity contribution in [2.75, 3.05) is 11.9 Å². The fourth-order valence-corrected chi connectivity index (χ4v) is 2.19. The fourth-order valence-electron chi connectivity index (χ4n) is 0.901. The van der Waals surface area contributed by atoms with Gasteiger partial charge in [0.2, 0.25) is 0 Å². The van der Waals surface area contributed by atoms with Crippen LogP contribution in [0.3, 0.4) is 0 Å². The Bertz CT molecular complexity index is 315. The van der Waals surface area contributed by atoms with E-state index < -0.39 is 12.1 Å². The van der Waals surface area contributed by atoms with Gasteiger partial charge in [-0.2, -0.15) is 0 Å². The number of carboxylic acid groups (broad SMARTS) is 1. The molecule has 78 valence electrons. The van der Waals surface area contributed by atoms with Gasteiger partial charge in [-0.05, 0) is 28.1 Å². The third-order valence-electron chi connectivity index (χ3n) is 1.50. The van der Waals surface area contributed by atoms with E-state index in [-0.39, 0.29) is 13.0 Å². The molecule has 0 aliphatic rings. The van der Waals surface area contributed by atoms with Crippen LogP contribution in [0.25, 0.3) is 0 Å². The first-order chi connectivity index (χ1) is 6.58. The van der Waals surface area contributed by atoms with Crippen molar-refractivity contribution in [2.24, 2.45) is 0 Å². The molecule has 14 heavy (non-hydrogen) atoms. The lowest BCUT2D eigenvalue weighted by Gasteiger charge is -2.08. The van der Waals surface area contributed by atoms with Crippen LogP contribution in [0, 0.1) is 0 Å². The Hall–Kier alpha value is -0.590. The molecule has 1 atom stereocenters. The van der Waals surface area contributed by atoms with E-state index in [1.165, 1.54) is 11.3 Å². The van der Waals surface area contributed by atoms with Gasteiger partial charge in [0.25, 0.3) is 0 Å². The summed E-state index contributed by atoms with van der Waals surface area (Å²) in [5.41, 5.74) is 0. The number of anilines is 1. The Labute approximate surface area is 93.7 Å². The van der Waals surface area contributed by atoms with Crippen LogP contribution in [-0.4, -0.2) is 28.8 Å². The molecule has 1 heterocycles. The third kappa shape index (κ3) is 4.08. The van der Waals surface area contributed by atoms with Gasteiger partial charge in [0.1, 0.15) is 0 Å². The van der Waals surface area contributed by atoms with Gasteiger partial charge in [-0.1, -0.05) is 0 Å². The summed E-state index contributed by atoms with van der Waals surface area (Å²) in [6.07, 6.45) is -1.09. The van der Waals surface area contributed by atoms with Crippen LogP contribution < -0.4 is 5.32 Å². The largest absolute Gasteiger partial charge is 0.481 e. The molecule has 0 aromatic carbocycles. The van der Waals surface area contributed by atoms with Gasteiger partial charge < -0.3 is 15.5 Å². The van der Waals surface area contributed by atoms with Crippen LogP contribution in [0.2, 0.25) is 0 Å². The zero-order chi connectivity index (χ0) is 10.6. The Kier molecular flexibility index (Phi) is 4.37. The standard InChI is InChI=1S/C8H10BrNO3S/c9-6-1-2-7(14-6)10-4-5(11)3-8(12)13/h1-2,5,10-11H,3-4H2,(H,12,13). The van der Waals surface area contributed by atoms with Crippen molar-refractivity contribution < 1.29 is 15.0 Å². The maximum atomic E-state index is 10.2. The summed E-state index contributed by atoms with van der Waals surface area (Å²) in [6.45, 7) is 0.249. The van der Waals surface area contributed by atoms with Crippen molar-refractivity contribution in [3.8, 4) is 0 Å². The maximum Gasteiger partial charge on any atom is 0.306 e. The van der Waals surface area contributed by atoms with E-state index in [0.717, 1.165) is 8.79 Å². The molecular weight excluding hydrogens is 270 g/mol. The second-order valence-electron chi connectivity index (χ2n) is 2.74. The van der Waals surface area contributed by atoms with Crippen molar-refractivity contribution in [1.82, 2.24) is 0 Å². The Morgan fingerprint density at radius 3 is 2.86 bits per heavy atom. The van der Waals surface area contributed by atoms with Crippen LogP contribution >= 0.6 is 27.3 Å². The molecule has 0 aliphatic carbocycles. The van der Waals surface area contributed by atoms with Crippen LogP contribution in [0.1, 0.15) is 6.42 Å². The molecule has 0 saturated carbocycles. The molecule has 0 aliphatic heterocycles. The summed E-state index contributed by atoms with van der Waals surface area (Å²) >= 11 is 4.80. The summed E-state index contributed by atoms with van der Waals surface area (Å²) in [6, 6.07) is 3.75. The average molecular weight is 280 g/mol. The first kappa shape index (κ1) is 11.5. The highest BCUT2D eigenvalue weighted by atomic mass is 79.9. The minimum absolute atomic E-state index is 0.237. The van der Waals surface area contributed by atoms with E-state index in [2.05, 4.69) is 21.2 Å². The lowest BCUT2D eigenvalue weighted by molar-refractivity contribution is -0.138. The molecule has 0 spiro atoms. The van der Waals surface area contributed by atoms with E-state index in [1.54, 1.807) is 0 Å². The number of nitrogens with one attached hydrogen (secondary N) is 1. The molecule has 0 bridgehead atoms. The number of aliphatic hydroxyl groups is 1. The number of carboxylic acids is 1. The smallest absolute Gasteiger partial charge is 0.306 e. The lowest BCUT2D eigenvalue weighted by atomic mass is 10.2. The zero-order valence-electron chi connectivity index (χ0n) is 7.24. The second-order valence-corrected chi connectivity index (χ2v) is 5.20. The minimum Gasteiger partial charge on any atom is -0.481 e. The predicted octanol–water partition coefficient (Wildman–Crippen LogP) is 1.76. The molecule has 3 N–H and O–H groups in total. The zero-order valence-corrected chi connectivity index (χ0v) is 9.64. The summed E-state index contributed by atoms with van der Waals surface area (Å²) < 4.78 is 0.993. The van der Waals surface area contributed by atoms with Gasteiger partial charge in [-0.3, -0.25) is 4.79 Å². The quantitative estimate of drug-likeness (QED) is 0.768. The van der Waals surface area contributed by atoms with Crippen LogP contribution in [0.15, 0.2) is 15.9 Å². The number of hydrogen-bond donors (Lipinski definition) is 3. The molecular formula is C8H10BrNO3S. The molecule has 1 aromatic rings. The van der Waals surface area contributed by atoms with Crippen LogP contribution in [-0.2, 0) is 4.79 Å². The number of hydrogen-bond acceptors (Lipinski definition) is 4. The van der Waals surface area contributed by atoms with E-state index in [0.29, 0.717) is 0 Å². The molecule has 1 rings (SSSR count). The van der Waals surface area contributed by atoms with Crippen molar-refractivity contribution in [3.63, 3.8) is 0 Å². The predicted molar refractivity (Wildman–Crippen MR) is 58.8 cm³/mol. The van der Waals surface area contributed by atoms with Gasteiger partial charge in [0, 0.05) is 6.54 Å². The SMILES string of the molecule is O=C(O)CC(O)CNc1ccc(Br)s1. The average Bonchev–Trinajstić information content (AvgIpc) is 2.47. The molecule has 6 heteroatoms. The molecule has 0 fully saturated rings. The molecule has 0 saturated heterocycles. The molecule has 4 nitrogen and oxygen atoms in total. The number of thiophene rings is 1. The van der Waals surface area contributed by atoms with Crippen molar-refractivity contribution >= 4 is 38.2 Å². The molecule has 0 amide bonds. The molecule has 1 unspecified atom stereocenters. The highest BCUT2D eigenvalue weighted by Crippen LogP contribution is 2.26. The lowest BCUT2D eigenvalue weighted by Crippen LogP contribution is -2.22. The number of carbonyl (C=O) groups is 1. The van der Waals surface area contributed by atoms with Crippen LogP contribution in [0.5, 0.6) is 0 Å². The summed E-state index contributed by atoms with van der Waals surface area (Å²) in [5.74, 6) is -0.994. The summed E-state index contributed by atoms with van der Waals surface area (Å²) in [4.78, 5) is 10.2. The van der Waals surface area contributed by atoms with E-state index in [9.17, 15) is 9.90 Å². The van der Waals surface area contributed by atoms with Gasteiger partial charge in [0.05, 0.1) is 21.3 Å². The van der Waals surface area contributed by atoms with Gasteiger partial charge in [-0.25, -0.2) is 0 Å². The topological polar surface area (TPSA) is 69.6 Å². The monoisotopic (exact) mass is 279 g/mol. The van der Waals surface area contributed by atoms with Crippen LogP contribution in [0.4, 0.5) is 5.00 Å². The van der Waals surface area contributed by atoms with Gasteiger partial charge in [-0.15, -0.1) is 11.3 Å². The third-order valence-corrected chi connectivity index (χ3v) is 3.08. The fraction of sp³-hybridized carbons (Fsp3) is 0.375. The van der Waals surface area contributed by atoms with Gasteiger partial charge in [0.15, 0.2) is 0 Å². The number of aliphatic hydroxyl groups excluding tert-OH is 1. The summed E-state index contributed by atoms with van der Waals surface area (Å²) in [5, 5.41) is 21.5. The number of aliphatic carboxylic acids is 1. The number of rotatable bonds is 5. The second kappa shape index (κ2) is 5.33. The molecule has 0 radical (unpaired) electrons. The Morgan fingerprint density at radius 1 is 1.64 bits per heavy atom. The Balaban J connectivity index is 2.30. The van der Waals surface area contributed by atoms with Crippen molar-refractivity contribution in [1.29, 1.82) is 0 Å². The maximum absolute atomic E-state index is 10.2. The van der Waals surface area contributed by atoms with Crippen molar-refractivity contribution in [3.05, 3.63) is 15.9 Å². The minimum atomic E-state index is -0.994. The number of halogens is 1.